The van der Waals surface area contributed by atoms with Crippen molar-refractivity contribution in [1.29, 1.82) is 0 Å². The van der Waals surface area contributed by atoms with Crippen LogP contribution >= 0.6 is 0 Å². The summed E-state index contributed by atoms with van der Waals surface area (Å²) in [6.07, 6.45) is 24.4. The Bertz CT molecular complexity index is 218. The van der Waals surface area contributed by atoms with E-state index >= 15 is 0 Å². The van der Waals surface area contributed by atoms with E-state index < -0.39 is 6.29 Å². The molecule has 1 unspecified atom stereocenters. The van der Waals surface area contributed by atoms with Gasteiger partial charge in [0.25, 0.3) is 0 Å². The average molecular weight is 342 g/mol. The molecule has 0 spiro atoms. The highest BCUT2D eigenvalue weighted by Gasteiger charge is 2.01. The molecule has 0 saturated carbocycles. The van der Waals surface area contributed by atoms with Crippen LogP contribution in [-0.4, -0.2) is 18.0 Å². The topological polar surface area (TPSA) is 29.5 Å². The number of rotatable bonds is 20. The van der Waals surface area contributed by atoms with E-state index in [-0.39, 0.29) is 0 Å². The molecule has 1 radical (unpaired) electrons. The Kier molecular flexibility index (Phi) is 20.9. The van der Waals surface area contributed by atoms with E-state index in [0.717, 1.165) is 12.8 Å². The van der Waals surface area contributed by atoms with E-state index in [2.05, 4.69) is 13.3 Å². The van der Waals surface area contributed by atoms with Crippen LogP contribution < -0.4 is 0 Å². The minimum absolute atomic E-state index is 0.542. The largest absolute Gasteiger partial charge is 0.368 e. The van der Waals surface area contributed by atoms with Crippen molar-refractivity contribution in [3.05, 3.63) is 6.42 Å². The molecule has 1 atom stereocenters. The third kappa shape index (κ3) is 20.0. The standard InChI is InChI=1S/C22H45O2/c1-3-5-6-7-8-9-10-11-12-13-14-15-16-17-18-19-20-21-22(23)24-4-2/h14,22-23H,3-13,15-21H2,1-2H3. The highest BCUT2D eigenvalue weighted by molar-refractivity contribution is 4.64. The first-order chi connectivity index (χ1) is 11.8. The minimum Gasteiger partial charge on any atom is -0.368 e. The van der Waals surface area contributed by atoms with Crippen molar-refractivity contribution in [3.8, 4) is 0 Å². The first-order valence-electron chi connectivity index (χ1n) is 10.9. The van der Waals surface area contributed by atoms with Gasteiger partial charge in [-0.15, -0.1) is 0 Å². The number of hydrogen-bond donors (Lipinski definition) is 1. The lowest BCUT2D eigenvalue weighted by Crippen LogP contribution is -2.10. The number of unbranched alkanes of at least 4 members (excludes halogenated alkanes) is 16. The molecule has 145 valence electrons. The SMILES string of the molecule is CCCCCCCCCCC[CH]CCCCCCCC(O)OCC. The van der Waals surface area contributed by atoms with Crippen LogP contribution in [0.2, 0.25) is 0 Å². The third-order valence-electron chi connectivity index (χ3n) is 4.73. The van der Waals surface area contributed by atoms with Gasteiger partial charge in [-0.1, -0.05) is 103 Å². The second-order valence-electron chi connectivity index (χ2n) is 7.16. The molecule has 0 fully saturated rings. The third-order valence-corrected chi connectivity index (χ3v) is 4.73. The molecule has 0 aliphatic rings. The van der Waals surface area contributed by atoms with Crippen molar-refractivity contribution in [1.82, 2.24) is 0 Å². The zero-order chi connectivity index (χ0) is 17.7. The van der Waals surface area contributed by atoms with Crippen LogP contribution in [0.5, 0.6) is 0 Å². The van der Waals surface area contributed by atoms with Crippen LogP contribution in [0.25, 0.3) is 0 Å². The van der Waals surface area contributed by atoms with Crippen molar-refractivity contribution in [2.24, 2.45) is 0 Å². The molecule has 24 heavy (non-hydrogen) atoms. The van der Waals surface area contributed by atoms with Crippen LogP contribution in [0.15, 0.2) is 0 Å². The Labute approximate surface area is 152 Å². The van der Waals surface area contributed by atoms with Gasteiger partial charge in [-0.05, 0) is 26.2 Å². The summed E-state index contributed by atoms with van der Waals surface area (Å²) in [5.41, 5.74) is 0. The Hall–Kier alpha value is -0.0800. The van der Waals surface area contributed by atoms with E-state index in [1.165, 1.54) is 96.3 Å². The molecule has 0 saturated heterocycles. The Morgan fingerprint density at radius 2 is 1.12 bits per heavy atom. The second-order valence-corrected chi connectivity index (χ2v) is 7.16. The van der Waals surface area contributed by atoms with Crippen LogP contribution in [0.3, 0.4) is 0 Å². The van der Waals surface area contributed by atoms with Crippen molar-refractivity contribution in [2.45, 2.75) is 129 Å². The summed E-state index contributed by atoms with van der Waals surface area (Å²) >= 11 is 0. The van der Waals surface area contributed by atoms with Gasteiger partial charge < -0.3 is 9.84 Å². The molecule has 0 heterocycles. The molecule has 0 aliphatic heterocycles. The lowest BCUT2D eigenvalue weighted by Gasteiger charge is -2.09. The van der Waals surface area contributed by atoms with Crippen molar-refractivity contribution in [3.63, 3.8) is 0 Å². The van der Waals surface area contributed by atoms with E-state index in [9.17, 15) is 5.11 Å². The lowest BCUT2D eigenvalue weighted by molar-refractivity contribution is -0.0994. The predicted molar refractivity (Wildman–Crippen MR) is 106 cm³/mol. The van der Waals surface area contributed by atoms with Crippen molar-refractivity contribution in [2.75, 3.05) is 6.61 Å². The van der Waals surface area contributed by atoms with Gasteiger partial charge in [0.05, 0.1) is 0 Å². The van der Waals surface area contributed by atoms with Crippen LogP contribution in [0, 0.1) is 6.42 Å². The lowest BCUT2D eigenvalue weighted by atomic mass is 10.0. The summed E-state index contributed by atoms with van der Waals surface area (Å²) < 4.78 is 5.12. The fraction of sp³-hybridized carbons (Fsp3) is 0.955. The monoisotopic (exact) mass is 341 g/mol. The summed E-state index contributed by atoms with van der Waals surface area (Å²) in [5, 5.41) is 9.45. The molecule has 0 aromatic carbocycles. The Balaban J connectivity index is 3.00. The van der Waals surface area contributed by atoms with Gasteiger partial charge >= 0.3 is 0 Å². The molecule has 2 nitrogen and oxygen atoms in total. The quantitative estimate of drug-likeness (QED) is 0.187. The number of aliphatic hydroxyl groups is 1. The molecular weight excluding hydrogens is 296 g/mol. The first kappa shape index (κ1) is 23.9. The van der Waals surface area contributed by atoms with Gasteiger partial charge in [-0.25, -0.2) is 0 Å². The summed E-state index contributed by atoms with van der Waals surface area (Å²) in [7, 11) is 0. The minimum atomic E-state index is -0.542. The first-order valence-corrected chi connectivity index (χ1v) is 10.9. The predicted octanol–water partition coefficient (Wildman–Crippen LogP) is 7.20. The average Bonchev–Trinajstić information content (AvgIpc) is 2.58. The zero-order valence-corrected chi connectivity index (χ0v) is 16.7. The molecule has 0 rings (SSSR count). The highest BCUT2D eigenvalue weighted by atomic mass is 16.6. The van der Waals surface area contributed by atoms with Gasteiger partial charge in [-0.3, -0.25) is 0 Å². The van der Waals surface area contributed by atoms with Gasteiger partial charge in [0.2, 0.25) is 0 Å². The molecule has 0 aromatic heterocycles. The zero-order valence-electron chi connectivity index (χ0n) is 16.7. The van der Waals surface area contributed by atoms with Crippen LogP contribution in [-0.2, 0) is 4.74 Å². The van der Waals surface area contributed by atoms with Gasteiger partial charge in [0, 0.05) is 6.61 Å². The Morgan fingerprint density at radius 3 is 1.62 bits per heavy atom. The van der Waals surface area contributed by atoms with Crippen LogP contribution in [0.4, 0.5) is 0 Å². The maximum absolute atomic E-state index is 9.45. The second kappa shape index (κ2) is 21.0. The summed E-state index contributed by atoms with van der Waals surface area (Å²) in [5.74, 6) is 0. The smallest absolute Gasteiger partial charge is 0.154 e. The molecule has 1 N–H and O–H groups in total. The van der Waals surface area contributed by atoms with E-state index in [1.54, 1.807) is 0 Å². The van der Waals surface area contributed by atoms with Crippen molar-refractivity contribution < 1.29 is 9.84 Å². The van der Waals surface area contributed by atoms with E-state index in [1.807, 2.05) is 6.92 Å². The normalized spacial score (nSPS) is 12.6. The fourth-order valence-electron chi connectivity index (χ4n) is 3.16. The molecule has 0 bridgehead atoms. The number of ether oxygens (including phenoxy) is 1. The van der Waals surface area contributed by atoms with E-state index in [0.29, 0.717) is 6.61 Å². The maximum Gasteiger partial charge on any atom is 0.154 e. The molecule has 0 aromatic rings. The maximum atomic E-state index is 9.45. The summed E-state index contributed by atoms with van der Waals surface area (Å²) in [4.78, 5) is 0. The van der Waals surface area contributed by atoms with Gasteiger partial charge in [0.1, 0.15) is 0 Å². The summed E-state index contributed by atoms with van der Waals surface area (Å²) in [6, 6.07) is 0. The highest BCUT2D eigenvalue weighted by Crippen LogP contribution is 2.14. The molecular formula is C22H45O2. The number of aliphatic hydroxyl groups excluding tert-OH is 1. The Morgan fingerprint density at radius 1 is 0.667 bits per heavy atom. The summed E-state index contributed by atoms with van der Waals surface area (Å²) in [6.45, 7) is 4.82. The van der Waals surface area contributed by atoms with E-state index in [4.69, 9.17) is 4.74 Å². The van der Waals surface area contributed by atoms with Crippen molar-refractivity contribution >= 4 is 0 Å². The van der Waals surface area contributed by atoms with Gasteiger partial charge in [-0.2, -0.15) is 0 Å². The molecule has 2 heteroatoms. The van der Waals surface area contributed by atoms with Crippen LogP contribution in [0.1, 0.15) is 123 Å². The molecule has 0 aliphatic carbocycles. The number of hydrogen-bond acceptors (Lipinski definition) is 2. The van der Waals surface area contributed by atoms with Gasteiger partial charge in [0.15, 0.2) is 6.29 Å². The fourth-order valence-corrected chi connectivity index (χ4v) is 3.16. The molecule has 0 amide bonds.